The topological polar surface area (TPSA) is 135 Å². The van der Waals surface area contributed by atoms with Crippen LogP contribution >= 0.6 is 11.8 Å². The van der Waals surface area contributed by atoms with E-state index in [1.54, 1.807) is 30.1 Å². The van der Waals surface area contributed by atoms with Crippen molar-refractivity contribution in [2.75, 3.05) is 31.7 Å². The molecule has 1 atom stereocenters. The van der Waals surface area contributed by atoms with Gasteiger partial charge in [-0.2, -0.15) is 0 Å². The van der Waals surface area contributed by atoms with Gasteiger partial charge in [0.2, 0.25) is 0 Å². The van der Waals surface area contributed by atoms with E-state index in [9.17, 15) is 23.3 Å². The maximum Gasteiger partial charge on any atom is 0.293 e. The number of anilines is 1. The molecule has 5 rings (SSSR count). The van der Waals surface area contributed by atoms with Crippen molar-refractivity contribution in [1.29, 1.82) is 0 Å². The predicted octanol–water partition coefficient (Wildman–Crippen LogP) is 7.23. The number of hydrogen-bond acceptors (Lipinski definition) is 9. The second-order valence-electron chi connectivity index (χ2n) is 11.6. The molecule has 0 radical (unpaired) electrons. The Bertz CT molecular complexity index is 1980. The van der Waals surface area contributed by atoms with Gasteiger partial charge in [0, 0.05) is 45.5 Å². The number of rotatable bonds is 15. The van der Waals surface area contributed by atoms with E-state index in [0.717, 1.165) is 58.8 Å². The van der Waals surface area contributed by atoms with Gasteiger partial charge in [-0.15, -0.1) is 11.8 Å². The highest BCUT2D eigenvalue weighted by Crippen LogP contribution is 2.31. The molecule has 0 spiro atoms. The molecule has 0 aliphatic carbocycles. The molecule has 0 saturated carbocycles. The number of sulfonamides is 1. The summed E-state index contributed by atoms with van der Waals surface area (Å²) >= 11 is 1.65. The van der Waals surface area contributed by atoms with Gasteiger partial charge in [0.25, 0.3) is 21.6 Å². The lowest BCUT2D eigenvalue weighted by atomic mass is 10.0. The van der Waals surface area contributed by atoms with Gasteiger partial charge in [0.15, 0.2) is 0 Å². The number of nitrogens with one attached hydrogen (secondary N) is 2. The largest absolute Gasteiger partial charge is 0.376 e. The lowest BCUT2D eigenvalue weighted by Crippen LogP contribution is -2.30. The van der Waals surface area contributed by atoms with Crippen molar-refractivity contribution in [2.24, 2.45) is 0 Å². The third-order valence-corrected chi connectivity index (χ3v) is 10.3. The van der Waals surface area contributed by atoms with Crippen molar-refractivity contribution >= 4 is 50.0 Å². The molecule has 1 aromatic heterocycles. The molecule has 5 aromatic rings. The van der Waals surface area contributed by atoms with Crippen LogP contribution in [0.1, 0.15) is 29.6 Å². The Morgan fingerprint density at radius 3 is 2.42 bits per heavy atom. The first-order chi connectivity index (χ1) is 23.1. The average Bonchev–Trinajstić information content (AvgIpc) is 3.09. The number of hydrogen-bond donors (Lipinski definition) is 2. The van der Waals surface area contributed by atoms with Gasteiger partial charge in [-0.05, 0) is 81.5 Å². The van der Waals surface area contributed by atoms with E-state index in [0.29, 0.717) is 5.75 Å². The number of nitro benzene ring substituents is 1. The molecule has 0 unspecified atom stereocenters. The first kappa shape index (κ1) is 34.6. The second-order valence-corrected chi connectivity index (χ2v) is 14.4. The fourth-order valence-corrected chi connectivity index (χ4v) is 7.27. The van der Waals surface area contributed by atoms with Crippen molar-refractivity contribution in [3.8, 4) is 11.1 Å². The summed E-state index contributed by atoms with van der Waals surface area (Å²) < 4.78 is 28.6. The third kappa shape index (κ3) is 8.97. The van der Waals surface area contributed by atoms with E-state index in [1.165, 1.54) is 24.3 Å². The number of unbranched alkanes of at least 4 members (excludes halogenated alkanes) is 1. The third-order valence-electron chi connectivity index (χ3n) is 7.76. The van der Waals surface area contributed by atoms with E-state index in [-0.39, 0.29) is 27.9 Å². The number of thioether (sulfide) groups is 1. The standard InChI is InChI=1S/C36H37N5O5S2/c1-40(2)23-7-6-12-29(25-47-30-13-4-3-5-14-30)38-33-21-20-31(24-34(33)41(43)44)48(45,46)39-36(42)28-18-16-26(17-19-28)32-15-8-10-27-11-9-22-37-35(27)32/h3-5,8-11,13-22,24,29,38H,6-7,12,23,25H2,1-2H3,(H,39,42)/t29-/m1/s1. The summed E-state index contributed by atoms with van der Waals surface area (Å²) in [7, 11) is -0.388. The summed E-state index contributed by atoms with van der Waals surface area (Å²) in [5.41, 5.74) is 2.46. The lowest BCUT2D eigenvalue weighted by Gasteiger charge is -2.20. The van der Waals surface area contributed by atoms with Crippen molar-refractivity contribution < 1.29 is 18.1 Å². The highest BCUT2D eigenvalue weighted by atomic mass is 32.2. The molecule has 0 fully saturated rings. The monoisotopic (exact) mass is 683 g/mol. The van der Waals surface area contributed by atoms with E-state index in [2.05, 4.69) is 19.9 Å². The maximum absolute atomic E-state index is 13.3. The van der Waals surface area contributed by atoms with Crippen molar-refractivity contribution in [2.45, 2.75) is 35.1 Å². The molecule has 1 amide bonds. The fraction of sp³-hybridized carbons (Fsp3) is 0.222. The zero-order valence-corrected chi connectivity index (χ0v) is 28.3. The summed E-state index contributed by atoms with van der Waals surface area (Å²) in [5.74, 6) is -0.187. The van der Waals surface area contributed by atoms with E-state index in [4.69, 9.17) is 0 Å². The minimum absolute atomic E-state index is 0.106. The molecular formula is C36H37N5O5S2. The molecule has 10 nitrogen and oxygen atoms in total. The van der Waals surface area contributed by atoms with Crippen LogP contribution in [-0.4, -0.2) is 61.6 Å². The molecule has 0 saturated heterocycles. The fourth-order valence-electron chi connectivity index (χ4n) is 5.28. The van der Waals surface area contributed by atoms with Gasteiger partial charge in [0.1, 0.15) is 5.69 Å². The Kier molecular flexibility index (Phi) is 11.4. The van der Waals surface area contributed by atoms with Crippen LogP contribution in [0, 0.1) is 10.1 Å². The molecular weight excluding hydrogens is 647 g/mol. The smallest absolute Gasteiger partial charge is 0.293 e. The maximum atomic E-state index is 13.3. The average molecular weight is 684 g/mol. The Labute approximate surface area is 284 Å². The summed E-state index contributed by atoms with van der Waals surface area (Å²) in [4.78, 5) is 31.8. The number of aromatic nitrogens is 1. The molecule has 48 heavy (non-hydrogen) atoms. The van der Waals surface area contributed by atoms with Gasteiger partial charge in [-0.3, -0.25) is 19.9 Å². The molecule has 0 aliphatic rings. The molecule has 12 heteroatoms. The van der Waals surface area contributed by atoms with Crippen LogP contribution < -0.4 is 10.0 Å². The molecule has 1 heterocycles. The van der Waals surface area contributed by atoms with Crippen LogP contribution in [0.4, 0.5) is 11.4 Å². The van der Waals surface area contributed by atoms with E-state index < -0.39 is 20.9 Å². The number of carbonyl (C=O) groups excluding carboxylic acids is 1. The molecule has 248 valence electrons. The second kappa shape index (κ2) is 15.9. The van der Waals surface area contributed by atoms with Crippen LogP contribution in [0.5, 0.6) is 0 Å². The highest BCUT2D eigenvalue weighted by Gasteiger charge is 2.25. The quantitative estimate of drug-likeness (QED) is 0.0507. The normalized spacial score (nSPS) is 12.1. The van der Waals surface area contributed by atoms with Crippen LogP contribution in [0.3, 0.4) is 0 Å². The number of para-hydroxylation sites is 1. The summed E-state index contributed by atoms with van der Waals surface area (Å²) in [6.07, 6.45) is 4.37. The molecule has 0 bridgehead atoms. The minimum atomic E-state index is -4.42. The lowest BCUT2D eigenvalue weighted by molar-refractivity contribution is -0.384. The van der Waals surface area contributed by atoms with Crippen LogP contribution in [-0.2, 0) is 10.0 Å². The number of carbonyl (C=O) groups is 1. The van der Waals surface area contributed by atoms with E-state index >= 15 is 0 Å². The van der Waals surface area contributed by atoms with Crippen molar-refractivity contribution in [3.05, 3.63) is 125 Å². The van der Waals surface area contributed by atoms with Gasteiger partial charge in [0.05, 0.1) is 15.3 Å². The van der Waals surface area contributed by atoms with E-state index in [1.807, 2.05) is 74.8 Å². The van der Waals surface area contributed by atoms with Crippen LogP contribution in [0.15, 0.2) is 119 Å². The number of amides is 1. The first-order valence-electron chi connectivity index (χ1n) is 15.5. The number of benzene rings is 4. The van der Waals surface area contributed by atoms with Gasteiger partial charge in [-0.25, -0.2) is 13.1 Å². The zero-order chi connectivity index (χ0) is 34.1. The molecule has 0 aliphatic heterocycles. The number of nitrogens with zero attached hydrogens (tertiary/aromatic N) is 3. The Balaban J connectivity index is 1.30. The predicted molar refractivity (Wildman–Crippen MR) is 192 cm³/mol. The Morgan fingerprint density at radius 1 is 0.938 bits per heavy atom. The first-order valence-corrected chi connectivity index (χ1v) is 18.0. The molecule has 2 N–H and O–H groups in total. The van der Waals surface area contributed by atoms with Gasteiger partial charge in [-0.1, -0.05) is 61.0 Å². The Morgan fingerprint density at radius 2 is 1.69 bits per heavy atom. The molecule has 4 aromatic carbocycles. The van der Waals surface area contributed by atoms with Gasteiger partial charge < -0.3 is 10.2 Å². The number of nitro groups is 1. The SMILES string of the molecule is CN(C)CCCC[C@H](CSc1ccccc1)Nc1ccc(S(=O)(=O)NC(=O)c2ccc(-c3cccc4cccnc34)cc2)cc1[N+](=O)[O-]. The Hall–Kier alpha value is -4.78. The van der Waals surface area contributed by atoms with Crippen LogP contribution in [0.2, 0.25) is 0 Å². The van der Waals surface area contributed by atoms with Gasteiger partial charge >= 0.3 is 0 Å². The zero-order valence-electron chi connectivity index (χ0n) is 26.7. The summed E-state index contributed by atoms with van der Waals surface area (Å²) in [5, 5.41) is 16.4. The van der Waals surface area contributed by atoms with Crippen molar-refractivity contribution in [1.82, 2.24) is 14.6 Å². The number of pyridine rings is 1. The van der Waals surface area contributed by atoms with Crippen LogP contribution in [0.25, 0.3) is 22.0 Å². The summed E-state index contributed by atoms with van der Waals surface area (Å²) in [6, 6.07) is 29.6. The highest BCUT2D eigenvalue weighted by molar-refractivity contribution is 7.99. The minimum Gasteiger partial charge on any atom is -0.376 e. The summed E-state index contributed by atoms with van der Waals surface area (Å²) in [6.45, 7) is 0.933. The number of fused-ring (bicyclic) bond motifs is 1. The van der Waals surface area contributed by atoms with Crippen molar-refractivity contribution in [3.63, 3.8) is 0 Å².